The Labute approximate surface area is 265 Å². The highest BCUT2D eigenvalue weighted by Gasteiger charge is 2.34. The maximum atomic E-state index is 13.0. The Balaban J connectivity index is 2.18. The van der Waals surface area contributed by atoms with Crippen LogP contribution in [0.15, 0.2) is 97.2 Å². The molecule has 1 aromatic carbocycles. The van der Waals surface area contributed by atoms with Crippen molar-refractivity contribution in [3.63, 3.8) is 0 Å². The largest absolute Gasteiger partial charge is 0.507 e. The van der Waals surface area contributed by atoms with Gasteiger partial charge in [-0.25, -0.2) is 4.79 Å². The molecule has 0 bridgehead atoms. The van der Waals surface area contributed by atoms with Gasteiger partial charge in [0.1, 0.15) is 17.9 Å². The predicted octanol–water partition coefficient (Wildman–Crippen LogP) is 9.44. The zero-order valence-corrected chi connectivity index (χ0v) is 27.3. The molecule has 0 radical (unpaired) electrons. The van der Waals surface area contributed by atoms with E-state index in [9.17, 15) is 14.7 Å². The highest BCUT2D eigenvalue weighted by molar-refractivity contribution is 8.01. The molecular weight excluding hydrogens is 554 g/mol. The first kappa shape index (κ1) is 37.8. The first-order valence-corrected chi connectivity index (χ1v) is 16.8. The van der Waals surface area contributed by atoms with Gasteiger partial charge in [0.2, 0.25) is 5.91 Å². The van der Waals surface area contributed by atoms with Crippen molar-refractivity contribution in [2.45, 2.75) is 89.7 Å². The van der Waals surface area contributed by atoms with Gasteiger partial charge in [-0.05, 0) is 82.1 Å². The molecule has 0 aliphatic carbocycles. The molecule has 0 saturated carbocycles. The Morgan fingerprint density at radius 1 is 0.791 bits per heavy atom. The fourth-order valence-electron chi connectivity index (χ4n) is 4.14. The minimum Gasteiger partial charge on any atom is -0.507 e. The van der Waals surface area contributed by atoms with Crippen LogP contribution in [-0.2, 0) is 9.53 Å². The van der Waals surface area contributed by atoms with Crippen LogP contribution >= 0.6 is 11.8 Å². The van der Waals surface area contributed by atoms with E-state index in [0.29, 0.717) is 0 Å². The van der Waals surface area contributed by atoms with Gasteiger partial charge in [0.15, 0.2) is 0 Å². The molecule has 0 fully saturated rings. The number of ether oxygens (including phenoxy) is 1. The number of hydrogen-bond donors (Lipinski definition) is 2. The summed E-state index contributed by atoms with van der Waals surface area (Å²) in [5.74, 6) is 0.167. The van der Waals surface area contributed by atoms with Gasteiger partial charge in [-0.3, -0.25) is 4.79 Å². The third-order valence-electron chi connectivity index (χ3n) is 6.79. The number of amides is 1. The van der Waals surface area contributed by atoms with Gasteiger partial charge in [0, 0.05) is 0 Å². The van der Waals surface area contributed by atoms with Crippen LogP contribution in [0.4, 0.5) is 0 Å². The summed E-state index contributed by atoms with van der Waals surface area (Å²) in [6, 6.07) is 6.25. The van der Waals surface area contributed by atoms with Crippen molar-refractivity contribution in [2.24, 2.45) is 0 Å². The number of phenolic OH excluding ortho intramolecular Hbond substituents is 1. The lowest BCUT2D eigenvalue weighted by molar-refractivity contribution is -0.123. The molecule has 0 saturated heterocycles. The van der Waals surface area contributed by atoms with E-state index in [0.717, 1.165) is 70.0 Å². The molecule has 0 heterocycles. The second kappa shape index (κ2) is 25.3. The number of benzene rings is 1. The lowest BCUT2D eigenvalue weighted by Crippen LogP contribution is -2.45. The molecule has 0 unspecified atom stereocenters. The molecule has 6 heteroatoms. The molecule has 0 aliphatic heterocycles. The Kier molecular flexibility index (Phi) is 22.2. The highest BCUT2D eigenvalue weighted by atomic mass is 32.2. The van der Waals surface area contributed by atoms with Crippen molar-refractivity contribution in [3.8, 4) is 5.75 Å². The van der Waals surface area contributed by atoms with E-state index in [4.69, 9.17) is 4.74 Å². The van der Waals surface area contributed by atoms with Gasteiger partial charge in [0.05, 0.1) is 11.3 Å². The van der Waals surface area contributed by atoms with Crippen LogP contribution in [0.5, 0.6) is 5.75 Å². The Hall–Kier alpha value is -3.25. The number of carbonyl (C=O) groups excluding carboxylic acids is 2. The van der Waals surface area contributed by atoms with Gasteiger partial charge in [-0.15, -0.1) is 11.8 Å². The normalized spacial score (nSPS) is 12.6. The van der Waals surface area contributed by atoms with E-state index in [1.165, 1.54) is 12.1 Å². The SMILES string of the molecule is CCC=CCC=CCC=CCC=CCC=CCC=CCCCSC(CC)(CC)C(=O)NCCOC(=O)c1ccccc1O. The smallest absolute Gasteiger partial charge is 0.341 e. The van der Waals surface area contributed by atoms with E-state index < -0.39 is 10.7 Å². The Bertz CT molecular complexity index is 1080. The van der Waals surface area contributed by atoms with Gasteiger partial charge in [0.25, 0.3) is 0 Å². The number of phenols is 1. The van der Waals surface area contributed by atoms with Crippen LogP contribution in [0.3, 0.4) is 0 Å². The van der Waals surface area contributed by atoms with Crippen LogP contribution in [-0.4, -0.2) is 40.6 Å². The van der Waals surface area contributed by atoms with Crippen LogP contribution < -0.4 is 5.32 Å². The molecule has 0 aliphatic rings. The number of allylic oxidation sites excluding steroid dienone is 12. The summed E-state index contributed by atoms with van der Waals surface area (Å²) in [4.78, 5) is 25.1. The highest BCUT2D eigenvalue weighted by Crippen LogP contribution is 2.33. The summed E-state index contributed by atoms with van der Waals surface area (Å²) in [6.07, 6.45) is 36.0. The number of esters is 1. The fourth-order valence-corrected chi connectivity index (χ4v) is 5.46. The number of aromatic hydroxyl groups is 1. The van der Waals surface area contributed by atoms with Gasteiger partial charge in [-0.2, -0.15) is 0 Å². The van der Waals surface area contributed by atoms with E-state index in [1.54, 1.807) is 23.9 Å². The molecule has 2 N–H and O–H groups in total. The third-order valence-corrected chi connectivity index (χ3v) is 8.60. The van der Waals surface area contributed by atoms with E-state index in [2.05, 4.69) is 85.2 Å². The second-order valence-corrected chi connectivity index (χ2v) is 11.5. The molecule has 1 aromatic rings. The minimum atomic E-state index is -0.603. The number of nitrogens with one attached hydrogen (secondary N) is 1. The van der Waals surface area contributed by atoms with Crippen LogP contribution in [0.1, 0.15) is 95.3 Å². The zero-order chi connectivity index (χ0) is 31.4. The number of hydrogen-bond acceptors (Lipinski definition) is 5. The van der Waals surface area contributed by atoms with Gasteiger partial charge >= 0.3 is 5.97 Å². The predicted molar refractivity (Wildman–Crippen MR) is 185 cm³/mol. The quantitative estimate of drug-likeness (QED) is 0.0736. The van der Waals surface area contributed by atoms with E-state index in [-0.39, 0.29) is 30.4 Å². The van der Waals surface area contributed by atoms with Crippen molar-refractivity contribution in [1.29, 1.82) is 0 Å². The summed E-state index contributed by atoms with van der Waals surface area (Å²) in [5, 5.41) is 12.7. The number of rotatable bonds is 23. The topological polar surface area (TPSA) is 75.6 Å². The number of unbranched alkanes of at least 4 members (excludes halogenated alkanes) is 1. The van der Waals surface area contributed by atoms with Crippen molar-refractivity contribution in [3.05, 3.63) is 103 Å². The third kappa shape index (κ3) is 17.5. The van der Waals surface area contributed by atoms with Crippen molar-refractivity contribution in [2.75, 3.05) is 18.9 Å². The number of para-hydroxylation sites is 1. The molecule has 0 atom stereocenters. The average molecular weight is 608 g/mol. The zero-order valence-electron chi connectivity index (χ0n) is 26.5. The van der Waals surface area contributed by atoms with Crippen LogP contribution in [0, 0.1) is 0 Å². The standard InChI is InChI=1S/C37H53NO4S/c1-4-7-8-9-10-11-12-13-14-15-16-17-18-19-20-21-22-23-24-27-32-43-37(5-2,6-3)36(41)38-30-31-42-35(40)33-28-25-26-29-34(33)39/h7-8,10-11,13-14,16-17,19-20,22-23,25-26,28-29,39H,4-6,9,12,15,18,21,24,27,30-32H2,1-3H3,(H,38,41). The first-order chi connectivity index (χ1) is 21.0. The maximum Gasteiger partial charge on any atom is 0.341 e. The summed E-state index contributed by atoms with van der Waals surface area (Å²) in [7, 11) is 0. The number of thioether (sulfide) groups is 1. The summed E-state index contributed by atoms with van der Waals surface area (Å²) in [6.45, 7) is 6.52. The molecule has 236 valence electrons. The Morgan fingerprint density at radius 2 is 1.30 bits per heavy atom. The lowest BCUT2D eigenvalue weighted by Gasteiger charge is -2.29. The molecule has 0 aromatic heterocycles. The summed E-state index contributed by atoms with van der Waals surface area (Å²) in [5.41, 5.74) is 0.118. The Morgan fingerprint density at radius 3 is 1.81 bits per heavy atom. The molecule has 0 spiro atoms. The molecule has 43 heavy (non-hydrogen) atoms. The minimum absolute atomic E-state index is 0.0185. The maximum absolute atomic E-state index is 13.0. The van der Waals surface area contributed by atoms with Gasteiger partial charge < -0.3 is 15.2 Å². The number of carbonyl (C=O) groups is 2. The summed E-state index contributed by atoms with van der Waals surface area (Å²) >= 11 is 1.71. The second-order valence-electron chi connectivity index (χ2n) is 10.0. The molecule has 5 nitrogen and oxygen atoms in total. The van der Waals surface area contributed by atoms with E-state index in [1.807, 2.05) is 13.8 Å². The van der Waals surface area contributed by atoms with Crippen molar-refractivity contribution < 1.29 is 19.4 Å². The monoisotopic (exact) mass is 607 g/mol. The van der Waals surface area contributed by atoms with Crippen molar-refractivity contribution in [1.82, 2.24) is 5.32 Å². The first-order valence-electron chi connectivity index (χ1n) is 15.8. The van der Waals surface area contributed by atoms with Crippen LogP contribution in [0.2, 0.25) is 0 Å². The average Bonchev–Trinajstić information content (AvgIpc) is 3.02. The molecule has 1 amide bonds. The lowest BCUT2D eigenvalue weighted by atomic mass is 10.0. The van der Waals surface area contributed by atoms with Crippen molar-refractivity contribution >= 4 is 23.6 Å². The van der Waals surface area contributed by atoms with E-state index >= 15 is 0 Å². The van der Waals surface area contributed by atoms with Crippen LogP contribution in [0.25, 0.3) is 0 Å². The fraction of sp³-hybridized carbons (Fsp3) is 0.459. The van der Waals surface area contributed by atoms with Gasteiger partial charge in [-0.1, -0.05) is 106 Å². The summed E-state index contributed by atoms with van der Waals surface area (Å²) < 4.78 is 4.72. The molecule has 1 rings (SSSR count). The molecular formula is C37H53NO4S.